The molecule has 1 aliphatic rings. The first kappa shape index (κ1) is 44.3. The van der Waals surface area contributed by atoms with Crippen LogP contribution in [0.3, 0.4) is 0 Å². The molecule has 2 heterocycles. The number of ether oxygens (including phenoxy) is 3. The highest BCUT2D eigenvalue weighted by molar-refractivity contribution is 6.74. The van der Waals surface area contributed by atoms with Gasteiger partial charge < -0.3 is 33.7 Å². The number of aromatic amines is 1. The summed E-state index contributed by atoms with van der Waals surface area (Å²) in [6, 6.07) is 9.88. The number of aromatic nitrogens is 2. The van der Waals surface area contributed by atoms with Crippen LogP contribution in [0.1, 0.15) is 86.9 Å². The monoisotopic (exact) mass is 776 g/mol. The van der Waals surface area contributed by atoms with Crippen molar-refractivity contribution in [1.29, 1.82) is 0 Å². The van der Waals surface area contributed by atoms with Crippen LogP contribution in [0.15, 0.2) is 52.2 Å². The van der Waals surface area contributed by atoms with Gasteiger partial charge in [-0.1, -0.05) is 71.9 Å². The van der Waals surface area contributed by atoms with Crippen LogP contribution >= 0.6 is 0 Å². The van der Waals surface area contributed by atoms with Crippen molar-refractivity contribution in [1.82, 2.24) is 20.2 Å². The molecule has 0 spiro atoms. The van der Waals surface area contributed by atoms with Crippen molar-refractivity contribution in [2.75, 3.05) is 13.1 Å². The normalized spacial score (nSPS) is 20.5. The fourth-order valence-corrected chi connectivity index (χ4v) is 7.85. The minimum absolute atomic E-state index is 0.146. The fourth-order valence-electron chi connectivity index (χ4n) is 5.25. The highest BCUT2D eigenvalue weighted by Crippen LogP contribution is 2.46. The lowest BCUT2D eigenvalue weighted by Crippen LogP contribution is -2.55. The van der Waals surface area contributed by atoms with Crippen LogP contribution in [0, 0.1) is 0 Å². The lowest BCUT2D eigenvalue weighted by Gasteiger charge is -2.44. The highest BCUT2D eigenvalue weighted by Gasteiger charge is 2.55. The minimum atomic E-state index is -2.51. The summed E-state index contributed by atoms with van der Waals surface area (Å²) in [5.74, 6) is -0.464. The Hall–Kier alpha value is -3.09. The van der Waals surface area contributed by atoms with Gasteiger partial charge in [0.2, 0.25) is 0 Å². The third-order valence-corrected chi connectivity index (χ3v) is 19.2. The number of nitrogens with zero attached hydrogens (tertiary/aromatic N) is 1. The van der Waals surface area contributed by atoms with E-state index in [0.717, 1.165) is 5.56 Å². The molecule has 0 bridgehead atoms. The number of H-pyrrole nitrogens is 1. The maximum Gasteiger partial charge on any atom is 0.407 e. The minimum Gasteiger partial charge on any atom is -0.459 e. The molecule has 1 aliphatic heterocycles. The summed E-state index contributed by atoms with van der Waals surface area (Å²) >= 11 is 0. The zero-order valence-electron chi connectivity index (χ0n) is 34.1. The van der Waals surface area contributed by atoms with Gasteiger partial charge in [0.1, 0.15) is 30.5 Å². The molecule has 298 valence electrons. The summed E-state index contributed by atoms with van der Waals surface area (Å²) in [4.78, 5) is 53.8. The fraction of sp³-hybridized carbons (Fsp3) is 0.684. The lowest BCUT2D eigenvalue weighted by molar-refractivity contribution is -0.159. The predicted octanol–water partition coefficient (Wildman–Crippen LogP) is 6.22. The molecule has 0 aliphatic carbocycles. The molecular weight excluding hydrogens is 713 g/mol. The van der Waals surface area contributed by atoms with E-state index in [1.165, 1.54) is 16.8 Å². The molecule has 0 unspecified atom stereocenters. The Morgan fingerprint density at radius 2 is 1.45 bits per heavy atom. The summed E-state index contributed by atoms with van der Waals surface area (Å²) in [5, 5.41) is 5.73. The van der Waals surface area contributed by atoms with E-state index in [2.05, 4.69) is 83.3 Å². The Balaban J connectivity index is 1.92. The standard InChI is InChI=1S/C38H64N4O9Si2/c1-36(2,3)49-33(44)27(39-21-17-22-40-35(46)47-25-26-18-15-14-16-19-26)24-28-30(50-52(10,11)37(4,5)6)31(51-53(12,13)38(7,8)9)32(48-28)42-23-20-29(43)41-34(42)45/h14-16,18-20,23,27-28,30-32,39H,17,21-22,24-25H2,1-13H3,(H,40,46)(H,41,43,45)/t27-,28+,30+,31+,32+/m0/s1. The van der Waals surface area contributed by atoms with Gasteiger partial charge in [-0.2, -0.15) is 0 Å². The van der Waals surface area contributed by atoms with E-state index in [9.17, 15) is 19.2 Å². The van der Waals surface area contributed by atoms with Crippen LogP contribution in [0.2, 0.25) is 36.3 Å². The average Bonchev–Trinajstić information content (AvgIpc) is 3.32. The molecule has 1 amide bonds. The molecule has 5 atom stereocenters. The van der Waals surface area contributed by atoms with Crippen molar-refractivity contribution in [3.63, 3.8) is 0 Å². The van der Waals surface area contributed by atoms with Crippen LogP contribution < -0.4 is 21.9 Å². The quantitative estimate of drug-likeness (QED) is 0.108. The van der Waals surface area contributed by atoms with Gasteiger partial charge >= 0.3 is 17.8 Å². The molecule has 3 rings (SSSR count). The Morgan fingerprint density at radius 1 is 0.868 bits per heavy atom. The Morgan fingerprint density at radius 3 is 2.00 bits per heavy atom. The largest absolute Gasteiger partial charge is 0.459 e. The summed E-state index contributed by atoms with van der Waals surface area (Å²) in [6.07, 6.45) is -1.52. The number of amides is 1. The van der Waals surface area contributed by atoms with Crippen molar-refractivity contribution < 1.29 is 32.7 Å². The van der Waals surface area contributed by atoms with E-state index in [1.807, 2.05) is 51.1 Å². The topological polar surface area (TPSA) is 159 Å². The molecular formula is C38H64N4O9Si2. The van der Waals surface area contributed by atoms with Gasteiger partial charge in [-0.15, -0.1) is 0 Å². The third-order valence-electron chi connectivity index (χ3n) is 10.3. The molecule has 0 saturated carbocycles. The Kier molecular flexibility index (Phi) is 14.7. The zero-order chi connectivity index (χ0) is 40.0. The van der Waals surface area contributed by atoms with Gasteiger partial charge in [0.05, 0.1) is 6.10 Å². The number of nitrogens with one attached hydrogen (secondary N) is 3. The van der Waals surface area contributed by atoms with E-state index in [-0.39, 0.29) is 23.1 Å². The molecule has 1 saturated heterocycles. The maximum absolute atomic E-state index is 13.8. The smallest absolute Gasteiger partial charge is 0.407 e. The van der Waals surface area contributed by atoms with Crippen molar-refractivity contribution in [3.05, 3.63) is 69.0 Å². The first-order valence-electron chi connectivity index (χ1n) is 18.5. The van der Waals surface area contributed by atoms with Crippen LogP contribution in [0.5, 0.6) is 0 Å². The summed E-state index contributed by atoms with van der Waals surface area (Å²) in [7, 11) is -5.01. The second-order valence-electron chi connectivity index (χ2n) is 17.9. The number of hydrogen-bond donors (Lipinski definition) is 3. The molecule has 15 heteroatoms. The number of rotatable bonds is 15. The lowest BCUT2D eigenvalue weighted by atomic mass is 10.0. The number of esters is 1. The Bertz CT molecular complexity index is 1630. The van der Waals surface area contributed by atoms with Crippen LogP contribution in [0.4, 0.5) is 4.79 Å². The molecule has 13 nitrogen and oxygen atoms in total. The summed E-state index contributed by atoms with van der Waals surface area (Å²) in [6.45, 7) is 27.7. The second-order valence-corrected chi connectivity index (χ2v) is 27.4. The van der Waals surface area contributed by atoms with Gasteiger partial charge in [0.25, 0.3) is 5.56 Å². The SMILES string of the molecule is CC(C)(C)OC(=O)[C@H](C[C@H]1O[C@@H](n2ccc(=O)[nH]c2=O)[C@H](O[Si](C)(C)C(C)(C)C)[C@@H]1O[Si](C)(C)C(C)(C)C)NCCCNC(=O)OCc1ccccc1. The predicted molar refractivity (Wildman–Crippen MR) is 211 cm³/mol. The number of carbonyl (C=O) groups excluding carboxylic acids is 2. The number of benzene rings is 1. The molecule has 0 radical (unpaired) electrons. The molecule has 1 aromatic heterocycles. The molecule has 53 heavy (non-hydrogen) atoms. The third kappa shape index (κ3) is 12.7. The average molecular weight is 777 g/mol. The van der Waals surface area contributed by atoms with E-state index in [4.69, 9.17) is 23.1 Å². The van der Waals surface area contributed by atoms with Crippen molar-refractivity contribution in [2.45, 2.75) is 154 Å². The molecule has 1 aromatic carbocycles. The first-order chi connectivity index (χ1) is 24.3. The highest BCUT2D eigenvalue weighted by atomic mass is 28.4. The van der Waals surface area contributed by atoms with Crippen LogP contribution in [0.25, 0.3) is 0 Å². The van der Waals surface area contributed by atoms with Crippen molar-refractivity contribution in [3.8, 4) is 0 Å². The zero-order valence-corrected chi connectivity index (χ0v) is 36.1. The summed E-state index contributed by atoms with van der Waals surface area (Å²) < 4.78 is 33.5. The van der Waals surface area contributed by atoms with Gasteiger partial charge in [-0.05, 0) is 75.6 Å². The molecule has 2 aromatic rings. The number of carbonyl (C=O) groups is 2. The molecule has 1 fully saturated rings. The van der Waals surface area contributed by atoms with Gasteiger partial charge in [0.15, 0.2) is 22.9 Å². The van der Waals surface area contributed by atoms with Crippen molar-refractivity contribution >= 4 is 28.7 Å². The van der Waals surface area contributed by atoms with E-state index in [1.54, 1.807) is 0 Å². The summed E-state index contributed by atoms with van der Waals surface area (Å²) in [5.41, 5.74) is -1.02. The number of alkyl carbamates (subject to hydrolysis) is 1. The second kappa shape index (κ2) is 17.6. The van der Waals surface area contributed by atoms with Gasteiger partial charge in [-0.3, -0.25) is 19.1 Å². The Labute approximate surface area is 317 Å². The van der Waals surface area contributed by atoms with Gasteiger partial charge in [0, 0.05) is 25.2 Å². The molecule has 3 N–H and O–H groups in total. The first-order valence-corrected chi connectivity index (χ1v) is 24.4. The maximum atomic E-state index is 13.8. The van der Waals surface area contributed by atoms with E-state index < -0.39 is 76.1 Å². The van der Waals surface area contributed by atoms with E-state index >= 15 is 0 Å². The van der Waals surface area contributed by atoms with Crippen LogP contribution in [-0.2, 0) is 34.5 Å². The number of hydrogen-bond acceptors (Lipinski definition) is 10. The van der Waals surface area contributed by atoms with Crippen LogP contribution in [-0.4, -0.2) is 81.3 Å². The van der Waals surface area contributed by atoms with E-state index in [0.29, 0.717) is 19.5 Å². The van der Waals surface area contributed by atoms with Gasteiger partial charge in [-0.25, -0.2) is 9.59 Å². The van der Waals surface area contributed by atoms with Crippen molar-refractivity contribution in [2.24, 2.45) is 0 Å².